The number of carboxylic acids is 1. The minimum absolute atomic E-state index is 0.106. The Bertz CT molecular complexity index is 232. The quantitative estimate of drug-likeness (QED) is 0.665. The first-order valence-electron chi connectivity index (χ1n) is 4.88. The monoisotopic (exact) mass is 217 g/mol. The van der Waals surface area contributed by atoms with Gasteiger partial charge < -0.3 is 15.2 Å². The van der Waals surface area contributed by atoms with E-state index in [2.05, 4.69) is 5.32 Å². The van der Waals surface area contributed by atoms with Gasteiger partial charge in [-0.2, -0.15) is 0 Å². The lowest BCUT2D eigenvalue weighted by Crippen LogP contribution is -2.35. The predicted octanol–water partition coefficient (Wildman–Crippen LogP) is 0.781. The Morgan fingerprint density at radius 1 is 1.40 bits per heavy atom. The number of rotatable bonds is 5. The van der Waals surface area contributed by atoms with E-state index in [1.807, 2.05) is 0 Å². The minimum atomic E-state index is -0.957. The highest BCUT2D eigenvalue weighted by atomic mass is 16.6. The summed E-state index contributed by atoms with van der Waals surface area (Å²) in [5, 5.41) is 11.3. The van der Waals surface area contributed by atoms with Gasteiger partial charge in [0.15, 0.2) is 0 Å². The third-order valence-electron chi connectivity index (χ3n) is 1.70. The fourth-order valence-electron chi connectivity index (χ4n) is 1.05. The van der Waals surface area contributed by atoms with Crippen molar-refractivity contribution in [3.63, 3.8) is 0 Å². The molecular formula is C10H19NO4. The number of hydrogen-bond donors (Lipinski definition) is 2. The van der Waals surface area contributed by atoms with Gasteiger partial charge in [0.2, 0.25) is 0 Å². The molecule has 1 atom stereocenters. The first kappa shape index (κ1) is 13.9. The molecule has 0 aliphatic rings. The van der Waals surface area contributed by atoms with E-state index in [0.29, 0.717) is 0 Å². The van der Waals surface area contributed by atoms with Crippen molar-refractivity contribution in [3.05, 3.63) is 0 Å². The fraction of sp³-hybridized carbons (Fsp3) is 0.800. The van der Waals surface area contributed by atoms with Gasteiger partial charge in [0, 0.05) is 6.42 Å². The SMILES string of the molecule is CN[C@@H](CCC(=O)OC(C)(C)C)C(=O)O. The molecule has 0 aromatic carbocycles. The van der Waals surface area contributed by atoms with Crippen LogP contribution in [0.3, 0.4) is 0 Å². The number of ether oxygens (including phenoxy) is 1. The smallest absolute Gasteiger partial charge is 0.320 e. The van der Waals surface area contributed by atoms with Crippen LogP contribution >= 0.6 is 0 Å². The molecule has 0 rings (SSSR count). The Labute approximate surface area is 89.8 Å². The van der Waals surface area contributed by atoms with Crippen LogP contribution < -0.4 is 5.32 Å². The zero-order valence-electron chi connectivity index (χ0n) is 9.66. The third kappa shape index (κ3) is 6.90. The maximum atomic E-state index is 11.3. The van der Waals surface area contributed by atoms with Gasteiger partial charge in [0.25, 0.3) is 0 Å². The van der Waals surface area contributed by atoms with Crippen molar-refractivity contribution in [2.75, 3.05) is 7.05 Å². The summed E-state index contributed by atoms with van der Waals surface area (Å²) in [6.45, 7) is 5.33. The topological polar surface area (TPSA) is 75.6 Å². The number of carbonyl (C=O) groups excluding carboxylic acids is 1. The van der Waals surface area contributed by atoms with E-state index in [9.17, 15) is 9.59 Å². The van der Waals surface area contributed by atoms with Crippen LogP contribution in [0.2, 0.25) is 0 Å². The molecule has 5 heteroatoms. The lowest BCUT2D eigenvalue weighted by atomic mass is 10.1. The molecule has 0 fully saturated rings. The molecule has 88 valence electrons. The molecule has 0 amide bonds. The highest BCUT2D eigenvalue weighted by Gasteiger charge is 2.20. The molecule has 2 N–H and O–H groups in total. The van der Waals surface area contributed by atoms with E-state index >= 15 is 0 Å². The van der Waals surface area contributed by atoms with Gasteiger partial charge in [-0.3, -0.25) is 9.59 Å². The molecule has 0 radical (unpaired) electrons. The number of carboxylic acid groups (broad SMARTS) is 1. The van der Waals surface area contributed by atoms with E-state index < -0.39 is 17.6 Å². The van der Waals surface area contributed by atoms with Gasteiger partial charge in [-0.1, -0.05) is 0 Å². The van der Waals surface area contributed by atoms with Crippen LogP contribution in [0.1, 0.15) is 33.6 Å². The second-order valence-corrected chi connectivity index (χ2v) is 4.30. The molecule has 0 saturated carbocycles. The lowest BCUT2D eigenvalue weighted by Gasteiger charge is -2.20. The Morgan fingerprint density at radius 2 is 1.93 bits per heavy atom. The summed E-state index contributed by atoms with van der Waals surface area (Å²) in [5.41, 5.74) is -0.518. The van der Waals surface area contributed by atoms with Gasteiger partial charge in [0.1, 0.15) is 11.6 Å². The normalized spacial score (nSPS) is 13.3. The van der Waals surface area contributed by atoms with Gasteiger partial charge in [0.05, 0.1) is 0 Å². The standard InChI is InChI=1S/C10H19NO4/c1-10(2,3)15-8(12)6-5-7(11-4)9(13)14/h7,11H,5-6H2,1-4H3,(H,13,14)/t7-/m0/s1. The highest BCUT2D eigenvalue weighted by molar-refractivity contribution is 5.75. The van der Waals surface area contributed by atoms with Crippen LogP contribution in [0.5, 0.6) is 0 Å². The Morgan fingerprint density at radius 3 is 2.27 bits per heavy atom. The van der Waals surface area contributed by atoms with E-state index in [1.54, 1.807) is 27.8 Å². The number of carbonyl (C=O) groups is 2. The lowest BCUT2D eigenvalue weighted by molar-refractivity contribution is -0.155. The van der Waals surface area contributed by atoms with Crippen molar-refractivity contribution in [2.45, 2.75) is 45.3 Å². The predicted molar refractivity (Wildman–Crippen MR) is 55.6 cm³/mol. The minimum Gasteiger partial charge on any atom is -0.480 e. The van der Waals surface area contributed by atoms with Crippen molar-refractivity contribution in [2.24, 2.45) is 0 Å². The van der Waals surface area contributed by atoms with Crippen molar-refractivity contribution in [3.8, 4) is 0 Å². The third-order valence-corrected chi connectivity index (χ3v) is 1.70. The molecule has 0 heterocycles. The van der Waals surface area contributed by atoms with Crippen LogP contribution in [0.25, 0.3) is 0 Å². The number of esters is 1. The average molecular weight is 217 g/mol. The maximum absolute atomic E-state index is 11.3. The summed E-state index contributed by atoms with van der Waals surface area (Å²) in [6, 6.07) is -0.697. The molecule has 0 aromatic rings. The van der Waals surface area contributed by atoms with Crippen molar-refractivity contribution < 1.29 is 19.4 Å². The van der Waals surface area contributed by atoms with Crippen LogP contribution in [-0.2, 0) is 14.3 Å². The molecule has 5 nitrogen and oxygen atoms in total. The first-order chi connectivity index (χ1) is 6.76. The summed E-state index contributed by atoms with van der Waals surface area (Å²) in [4.78, 5) is 21.9. The second-order valence-electron chi connectivity index (χ2n) is 4.30. The molecule has 0 unspecified atom stereocenters. The molecular weight excluding hydrogens is 198 g/mol. The van der Waals surface area contributed by atoms with E-state index in [-0.39, 0.29) is 18.8 Å². The highest BCUT2D eigenvalue weighted by Crippen LogP contribution is 2.09. The number of hydrogen-bond acceptors (Lipinski definition) is 4. The van der Waals surface area contributed by atoms with E-state index in [0.717, 1.165) is 0 Å². The van der Waals surface area contributed by atoms with Gasteiger partial charge >= 0.3 is 11.9 Å². The van der Waals surface area contributed by atoms with E-state index in [4.69, 9.17) is 9.84 Å². The summed E-state index contributed by atoms with van der Waals surface area (Å²) >= 11 is 0. The van der Waals surface area contributed by atoms with Gasteiger partial charge in [-0.05, 0) is 34.2 Å². The van der Waals surface area contributed by atoms with E-state index in [1.165, 1.54) is 0 Å². The van der Waals surface area contributed by atoms with Crippen LogP contribution in [0.4, 0.5) is 0 Å². The summed E-state index contributed by atoms with van der Waals surface area (Å²) < 4.78 is 5.05. The largest absolute Gasteiger partial charge is 0.480 e. The summed E-state index contributed by atoms with van der Waals surface area (Å²) in [7, 11) is 1.55. The zero-order chi connectivity index (χ0) is 12.1. The summed E-state index contributed by atoms with van der Waals surface area (Å²) in [5.74, 6) is -1.33. The maximum Gasteiger partial charge on any atom is 0.320 e. The Kier molecular flexibility index (Phi) is 5.28. The average Bonchev–Trinajstić information content (AvgIpc) is 2.01. The molecule has 0 saturated heterocycles. The zero-order valence-corrected chi connectivity index (χ0v) is 9.66. The number of nitrogens with one attached hydrogen (secondary N) is 1. The van der Waals surface area contributed by atoms with Gasteiger partial charge in [-0.15, -0.1) is 0 Å². The number of aliphatic carboxylic acids is 1. The molecule has 0 bridgehead atoms. The second kappa shape index (κ2) is 5.70. The Balaban J connectivity index is 3.94. The first-order valence-corrected chi connectivity index (χ1v) is 4.88. The van der Waals surface area contributed by atoms with Crippen LogP contribution in [0.15, 0.2) is 0 Å². The summed E-state index contributed by atoms with van der Waals surface area (Å²) in [6.07, 6.45) is 0.343. The van der Waals surface area contributed by atoms with Crippen LogP contribution in [-0.4, -0.2) is 35.7 Å². The number of likely N-dealkylation sites (N-methyl/N-ethyl adjacent to an activating group) is 1. The van der Waals surface area contributed by atoms with Gasteiger partial charge in [-0.25, -0.2) is 0 Å². The molecule has 0 aromatic heterocycles. The molecule has 15 heavy (non-hydrogen) atoms. The van der Waals surface area contributed by atoms with Crippen LogP contribution in [0, 0.1) is 0 Å². The molecule has 0 aliphatic carbocycles. The molecule has 0 spiro atoms. The van der Waals surface area contributed by atoms with Crippen molar-refractivity contribution >= 4 is 11.9 Å². The Hall–Kier alpha value is -1.10. The van der Waals surface area contributed by atoms with Crippen molar-refractivity contribution in [1.82, 2.24) is 5.32 Å². The fourth-order valence-corrected chi connectivity index (χ4v) is 1.05. The van der Waals surface area contributed by atoms with Crippen molar-refractivity contribution in [1.29, 1.82) is 0 Å². The molecule has 0 aliphatic heterocycles.